The van der Waals surface area contributed by atoms with Gasteiger partial charge in [-0.3, -0.25) is 0 Å². The molecule has 0 spiro atoms. The summed E-state index contributed by atoms with van der Waals surface area (Å²) in [6, 6.07) is 10.5. The number of anilines is 1. The van der Waals surface area contributed by atoms with Gasteiger partial charge in [-0.15, -0.1) is 26.6 Å². The fourth-order valence-corrected chi connectivity index (χ4v) is 6.20. The van der Waals surface area contributed by atoms with Crippen LogP contribution in [0.5, 0.6) is 5.88 Å². The Balaban J connectivity index is 1.44. The van der Waals surface area contributed by atoms with Crippen LogP contribution < -0.4 is 15.0 Å². The highest BCUT2D eigenvalue weighted by atomic mass is 32.1. The van der Waals surface area contributed by atoms with Crippen molar-refractivity contribution in [3.8, 4) is 28.3 Å². The molecule has 0 radical (unpaired) electrons. The highest BCUT2D eigenvalue weighted by Crippen LogP contribution is 2.37. The predicted molar refractivity (Wildman–Crippen MR) is 141 cm³/mol. The van der Waals surface area contributed by atoms with E-state index in [0.29, 0.717) is 11.9 Å². The van der Waals surface area contributed by atoms with E-state index in [1.165, 1.54) is 0 Å². The molecular weight excluding hydrogens is 458 g/mol. The number of piperidine rings is 1. The van der Waals surface area contributed by atoms with Crippen LogP contribution in [0, 0.1) is 0 Å². The largest absolute Gasteiger partial charge is 0.480 e. The minimum absolute atomic E-state index is 0.0714. The number of methoxy groups -OCH3 is 1. The molecule has 1 aromatic carbocycles. The summed E-state index contributed by atoms with van der Waals surface area (Å²) in [4.78, 5) is 6.91. The van der Waals surface area contributed by atoms with Gasteiger partial charge >= 0.3 is 0 Å². The summed E-state index contributed by atoms with van der Waals surface area (Å²) in [5.74, 6) is 1.36. The molecule has 8 nitrogen and oxygen atoms in total. The molecule has 0 bridgehead atoms. The Morgan fingerprint density at radius 3 is 2.43 bits per heavy atom. The van der Waals surface area contributed by atoms with E-state index in [1.54, 1.807) is 24.6 Å². The summed E-state index contributed by atoms with van der Waals surface area (Å²) >= 11 is 1.60. The number of rotatable bonds is 5. The lowest BCUT2D eigenvalue weighted by Crippen LogP contribution is -2.62. The van der Waals surface area contributed by atoms with Crippen molar-refractivity contribution in [1.29, 1.82) is 0 Å². The minimum Gasteiger partial charge on any atom is -0.480 e. The molecule has 5 rings (SSSR count). The average molecular weight is 490 g/mol. The van der Waals surface area contributed by atoms with E-state index in [-0.39, 0.29) is 11.1 Å². The smallest absolute Gasteiger partial charge is 0.233 e. The molecule has 0 amide bonds. The first kappa shape index (κ1) is 23.6. The highest BCUT2D eigenvalue weighted by Gasteiger charge is 2.39. The second-order valence-electron chi connectivity index (χ2n) is 10.5. The Kier molecular flexibility index (Phi) is 5.93. The minimum atomic E-state index is 0.0714. The van der Waals surface area contributed by atoms with Crippen LogP contribution in [0.1, 0.15) is 40.5 Å². The Labute approximate surface area is 209 Å². The fourth-order valence-electron chi connectivity index (χ4n) is 5.37. The van der Waals surface area contributed by atoms with E-state index in [2.05, 4.69) is 94.6 Å². The summed E-state index contributed by atoms with van der Waals surface area (Å²) < 4.78 is 6.31. The van der Waals surface area contributed by atoms with Crippen LogP contribution in [0.4, 0.5) is 5.82 Å². The van der Waals surface area contributed by atoms with Crippen LogP contribution >= 0.6 is 11.3 Å². The van der Waals surface area contributed by atoms with Gasteiger partial charge in [0.15, 0.2) is 5.82 Å². The second kappa shape index (κ2) is 8.80. The third-order valence-electron chi connectivity index (χ3n) is 6.64. The fraction of sp³-hybridized carbons (Fsp3) is 0.423. The topological polar surface area (TPSA) is 89.0 Å². The van der Waals surface area contributed by atoms with Gasteiger partial charge in [-0.1, -0.05) is 12.1 Å². The zero-order valence-electron chi connectivity index (χ0n) is 21.0. The summed E-state index contributed by atoms with van der Waals surface area (Å²) in [7, 11) is 3.71. The van der Waals surface area contributed by atoms with Crippen LogP contribution in [-0.4, -0.2) is 56.7 Å². The molecule has 0 atom stereocenters. The van der Waals surface area contributed by atoms with Gasteiger partial charge in [0, 0.05) is 46.9 Å². The molecule has 0 aliphatic carbocycles. The van der Waals surface area contributed by atoms with E-state index >= 15 is 0 Å². The molecule has 1 saturated heterocycles. The maximum Gasteiger partial charge on any atom is 0.233 e. The second-order valence-corrected chi connectivity index (χ2v) is 11.4. The molecule has 1 aliphatic rings. The molecule has 4 aromatic rings. The first-order valence-electron chi connectivity index (χ1n) is 11.8. The monoisotopic (exact) mass is 489 g/mol. The number of nitrogens with zero attached hydrogens (tertiary/aromatic N) is 6. The van der Waals surface area contributed by atoms with Gasteiger partial charge in [0.25, 0.3) is 0 Å². The molecule has 182 valence electrons. The van der Waals surface area contributed by atoms with Crippen molar-refractivity contribution in [1.82, 2.24) is 30.7 Å². The van der Waals surface area contributed by atoms with E-state index in [9.17, 15) is 0 Å². The quantitative estimate of drug-likeness (QED) is 0.421. The van der Waals surface area contributed by atoms with Gasteiger partial charge < -0.3 is 15.0 Å². The lowest BCUT2D eigenvalue weighted by Gasteiger charge is -2.49. The van der Waals surface area contributed by atoms with E-state index in [4.69, 9.17) is 4.74 Å². The average Bonchev–Trinajstić information content (AvgIpc) is 3.31. The van der Waals surface area contributed by atoms with Crippen molar-refractivity contribution in [2.75, 3.05) is 19.1 Å². The van der Waals surface area contributed by atoms with Crippen molar-refractivity contribution in [2.45, 2.75) is 57.7 Å². The van der Waals surface area contributed by atoms with Crippen LogP contribution in [0.25, 0.3) is 32.6 Å². The van der Waals surface area contributed by atoms with Crippen molar-refractivity contribution in [3.63, 3.8) is 0 Å². The molecule has 35 heavy (non-hydrogen) atoms. The molecule has 0 unspecified atom stereocenters. The summed E-state index contributed by atoms with van der Waals surface area (Å²) in [5.41, 5.74) is 6.66. The number of hydrogen-bond donors (Lipinski definition) is 1. The SMILES string of the molecule is COc1cc(-c2ccc(-c3ccc(N(C)C4CC(C)(C)NC(C)(C)C4)nn3)c3scnc23)cnn1. The lowest BCUT2D eigenvalue weighted by molar-refractivity contribution is 0.160. The Morgan fingerprint density at radius 1 is 1.00 bits per heavy atom. The van der Waals surface area contributed by atoms with E-state index < -0.39 is 0 Å². The van der Waals surface area contributed by atoms with Crippen molar-refractivity contribution in [3.05, 3.63) is 42.0 Å². The van der Waals surface area contributed by atoms with Crippen molar-refractivity contribution in [2.24, 2.45) is 0 Å². The Morgan fingerprint density at radius 2 is 1.74 bits per heavy atom. The molecule has 1 aliphatic heterocycles. The highest BCUT2D eigenvalue weighted by molar-refractivity contribution is 7.17. The maximum absolute atomic E-state index is 5.24. The van der Waals surface area contributed by atoms with Gasteiger partial charge in [-0.25, -0.2) is 4.98 Å². The zero-order valence-corrected chi connectivity index (χ0v) is 21.8. The van der Waals surface area contributed by atoms with Crippen molar-refractivity contribution >= 4 is 27.4 Å². The maximum atomic E-state index is 5.24. The number of benzene rings is 1. The summed E-state index contributed by atoms with van der Waals surface area (Å²) in [6.45, 7) is 9.08. The van der Waals surface area contributed by atoms with Gasteiger partial charge in [0.05, 0.1) is 34.7 Å². The molecule has 1 N–H and O–H groups in total. The van der Waals surface area contributed by atoms with Crippen LogP contribution in [-0.2, 0) is 0 Å². The number of hydrogen-bond acceptors (Lipinski definition) is 9. The third kappa shape index (κ3) is 4.70. The van der Waals surface area contributed by atoms with E-state index in [1.807, 2.05) is 11.6 Å². The summed E-state index contributed by atoms with van der Waals surface area (Å²) in [5, 5.41) is 21.0. The number of thiazole rings is 1. The lowest BCUT2D eigenvalue weighted by atomic mass is 9.79. The van der Waals surface area contributed by atoms with Gasteiger partial charge in [-0.05, 0) is 52.7 Å². The summed E-state index contributed by atoms with van der Waals surface area (Å²) in [6.07, 6.45) is 3.83. The van der Waals surface area contributed by atoms with Crippen LogP contribution in [0.15, 0.2) is 42.0 Å². The van der Waals surface area contributed by atoms with Crippen LogP contribution in [0.2, 0.25) is 0 Å². The van der Waals surface area contributed by atoms with Gasteiger partial charge in [0.2, 0.25) is 5.88 Å². The molecular formula is C26H31N7OS. The van der Waals surface area contributed by atoms with Gasteiger partial charge in [-0.2, -0.15) is 5.10 Å². The molecule has 0 saturated carbocycles. The molecule has 1 fully saturated rings. The predicted octanol–water partition coefficient (Wildman–Crippen LogP) is 4.96. The zero-order chi connectivity index (χ0) is 24.8. The number of aromatic nitrogens is 5. The van der Waals surface area contributed by atoms with Crippen molar-refractivity contribution < 1.29 is 4.74 Å². The number of ether oxygens (including phenoxy) is 1. The molecule has 4 heterocycles. The van der Waals surface area contributed by atoms with Gasteiger partial charge in [0.1, 0.15) is 0 Å². The number of nitrogens with one attached hydrogen (secondary N) is 1. The first-order chi connectivity index (χ1) is 16.7. The number of fused-ring (bicyclic) bond motifs is 1. The molecule has 3 aromatic heterocycles. The Bertz CT molecular complexity index is 1330. The third-order valence-corrected chi connectivity index (χ3v) is 7.50. The van der Waals surface area contributed by atoms with Crippen LogP contribution in [0.3, 0.4) is 0 Å². The molecule has 9 heteroatoms. The normalized spacial score (nSPS) is 17.4. The van der Waals surface area contributed by atoms with E-state index in [0.717, 1.165) is 51.3 Å². The Hall–Kier alpha value is -3.17. The first-order valence-corrected chi connectivity index (χ1v) is 12.6. The standard InChI is InChI=1S/C26H31N7OS/c1-25(2)12-17(13-26(3,4)32-25)33(5)21-10-9-20(29-30-21)19-8-7-18(23-24(19)35-15-27-23)16-11-22(34-6)31-28-14-16/h7-11,14-15,17,32H,12-13H2,1-6H3.